The van der Waals surface area contributed by atoms with E-state index in [0.717, 1.165) is 19.0 Å². The highest BCUT2D eigenvalue weighted by Gasteiger charge is 2.44. The van der Waals surface area contributed by atoms with Crippen LogP contribution in [0.15, 0.2) is 138 Å². The van der Waals surface area contributed by atoms with E-state index in [4.69, 9.17) is 0 Å². The van der Waals surface area contributed by atoms with Crippen LogP contribution in [0.1, 0.15) is 40.5 Å². The Morgan fingerprint density at radius 2 is 1.11 bits per heavy atom. The van der Waals surface area contributed by atoms with Crippen molar-refractivity contribution in [2.24, 2.45) is 0 Å². The van der Waals surface area contributed by atoms with Gasteiger partial charge in [-0.05, 0) is 83.0 Å². The molecule has 3 aromatic rings. The fraction of sp³-hybridized carbons (Fsp3) is 0.212. The third-order valence-corrected chi connectivity index (χ3v) is 10.4. The second-order valence-corrected chi connectivity index (χ2v) is 12.7. The van der Waals surface area contributed by atoms with Crippen LogP contribution in [0.4, 0.5) is 0 Å². The Kier molecular flexibility index (Phi) is 12.2. The van der Waals surface area contributed by atoms with Crippen LogP contribution >= 0.6 is 7.26 Å². The Labute approximate surface area is 224 Å². The Hall–Kier alpha value is -2.47. The van der Waals surface area contributed by atoms with E-state index in [9.17, 15) is 0 Å². The summed E-state index contributed by atoms with van der Waals surface area (Å²) >= 11 is 0. The first kappa shape index (κ1) is 28.8. The number of rotatable bonds is 10. The Balaban J connectivity index is 0.00000432. The lowest BCUT2D eigenvalue weighted by molar-refractivity contribution is -0.00000701. The molecule has 3 aromatic carbocycles. The van der Waals surface area contributed by atoms with Crippen molar-refractivity contribution in [3.05, 3.63) is 138 Å². The van der Waals surface area contributed by atoms with E-state index >= 15 is 0 Å². The molecule has 0 aromatic heterocycles. The quantitative estimate of drug-likeness (QED) is 0.187. The van der Waals surface area contributed by atoms with Gasteiger partial charge in [0.2, 0.25) is 0 Å². The van der Waals surface area contributed by atoms with Gasteiger partial charge in [-0.15, -0.1) is 0 Å². The highest BCUT2D eigenvalue weighted by atomic mass is 79.9. The summed E-state index contributed by atoms with van der Waals surface area (Å²) in [5.74, 6) is 0. The third kappa shape index (κ3) is 8.31. The van der Waals surface area contributed by atoms with E-state index < -0.39 is 7.26 Å². The third-order valence-electron chi connectivity index (χ3n) is 6.11. The Bertz CT molecular complexity index is 1040. The van der Waals surface area contributed by atoms with Crippen LogP contribution in [0.25, 0.3) is 0 Å². The molecule has 0 spiro atoms. The topological polar surface area (TPSA) is 0 Å². The van der Waals surface area contributed by atoms with Crippen molar-refractivity contribution in [2.45, 2.75) is 40.5 Å². The fourth-order valence-corrected chi connectivity index (χ4v) is 8.33. The normalized spacial score (nSPS) is 12.3. The molecule has 0 atom stereocenters. The van der Waals surface area contributed by atoms with Gasteiger partial charge in [-0.3, -0.25) is 0 Å². The van der Waals surface area contributed by atoms with Crippen molar-refractivity contribution in [3.8, 4) is 0 Å². The van der Waals surface area contributed by atoms with Crippen LogP contribution in [0.5, 0.6) is 0 Å². The van der Waals surface area contributed by atoms with E-state index in [-0.39, 0.29) is 17.0 Å². The lowest BCUT2D eigenvalue weighted by Gasteiger charge is -2.26. The zero-order chi connectivity index (χ0) is 24.2. The second-order valence-electron chi connectivity index (χ2n) is 9.14. The first-order chi connectivity index (χ1) is 16.5. The Morgan fingerprint density at radius 3 is 1.54 bits per heavy atom. The van der Waals surface area contributed by atoms with Crippen LogP contribution < -0.4 is 32.9 Å². The second kappa shape index (κ2) is 14.8. The number of halogens is 1. The van der Waals surface area contributed by atoms with Gasteiger partial charge in [0.1, 0.15) is 23.2 Å². The molecule has 0 saturated carbocycles. The van der Waals surface area contributed by atoms with E-state index in [0.29, 0.717) is 0 Å². The van der Waals surface area contributed by atoms with Crippen LogP contribution in [0.2, 0.25) is 0 Å². The van der Waals surface area contributed by atoms with Crippen LogP contribution in [0, 0.1) is 0 Å². The molecule has 0 heterocycles. The molecular formula is C33H38BrP. The maximum atomic E-state index is 2.43. The van der Waals surface area contributed by atoms with Gasteiger partial charge in [0.15, 0.2) is 0 Å². The molecule has 0 N–H and O–H groups in total. The predicted octanol–water partition coefficient (Wildman–Crippen LogP) is 5.18. The summed E-state index contributed by atoms with van der Waals surface area (Å²) < 4.78 is 0. The summed E-state index contributed by atoms with van der Waals surface area (Å²) in [4.78, 5) is 0. The van der Waals surface area contributed by atoms with E-state index in [2.05, 4.69) is 149 Å². The highest BCUT2D eigenvalue weighted by molar-refractivity contribution is 7.95. The van der Waals surface area contributed by atoms with Crippen molar-refractivity contribution in [3.63, 3.8) is 0 Å². The van der Waals surface area contributed by atoms with Crippen LogP contribution in [0.3, 0.4) is 0 Å². The first-order valence-electron chi connectivity index (χ1n) is 12.2. The lowest BCUT2D eigenvalue weighted by atomic mass is 10.1. The lowest BCUT2D eigenvalue weighted by Crippen LogP contribution is -3.00. The van der Waals surface area contributed by atoms with Gasteiger partial charge in [-0.25, -0.2) is 0 Å². The van der Waals surface area contributed by atoms with Crippen molar-refractivity contribution in [2.75, 3.05) is 6.16 Å². The number of allylic oxidation sites excluding steroid dienone is 8. The molecule has 182 valence electrons. The molecule has 0 nitrogen and oxygen atoms in total. The minimum atomic E-state index is -1.81. The van der Waals surface area contributed by atoms with Gasteiger partial charge in [0, 0.05) is 0 Å². The van der Waals surface area contributed by atoms with Crippen molar-refractivity contribution in [1.82, 2.24) is 0 Å². The SMILES string of the molecule is CC(C)=CCCC(C)=CC=CC(C)=CC[P+](c1ccccc1)(c1ccccc1)c1ccccc1.[Br-]. The maximum Gasteiger partial charge on any atom is 0.115 e. The van der Waals surface area contributed by atoms with E-state index in [1.54, 1.807) is 0 Å². The molecule has 0 fully saturated rings. The zero-order valence-corrected chi connectivity index (χ0v) is 24.0. The average molecular weight is 546 g/mol. The van der Waals surface area contributed by atoms with E-state index in [1.165, 1.54) is 32.6 Å². The molecule has 2 heteroatoms. The molecule has 0 saturated heterocycles. The largest absolute Gasteiger partial charge is 1.00 e. The molecule has 35 heavy (non-hydrogen) atoms. The summed E-state index contributed by atoms with van der Waals surface area (Å²) in [6, 6.07) is 33.3. The summed E-state index contributed by atoms with van der Waals surface area (Å²) in [5, 5.41) is 4.28. The van der Waals surface area contributed by atoms with Crippen molar-refractivity contribution >= 4 is 23.2 Å². The van der Waals surface area contributed by atoms with Crippen molar-refractivity contribution < 1.29 is 17.0 Å². The number of benzene rings is 3. The molecule has 0 unspecified atom stereocenters. The number of hydrogen-bond acceptors (Lipinski definition) is 0. The molecular weight excluding hydrogens is 507 g/mol. The molecule has 0 aliphatic heterocycles. The maximum absolute atomic E-state index is 2.43. The van der Waals surface area contributed by atoms with Crippen molar-refractivity contribution in [1.29, 1.82) is 0 Å². The van der Waals surface area contributed by atoms with E-state index in [1.807, 2.05) is 0 Å². The summed E-state index contributed by atoms with van der Waals surface area (Å²) in [6.07, 6.45) is 14.7. The average Bonchev–Trinajstić information content (AvgIpc) is 2.86. The molecule has 0 amide bonds. The van der Waals surface area contributed by atoms with Gasteiger partial charge in [0.05, 0.1) is 6.16 Å². The smallest absolute Gasteiger partial charge is 0.115 e. The van der Waals surface area contributed by atoms with Crippen LogP contribution in [-0.2, 0) is 0 Å². The van der Waals surface area contributed by atoms with Gasteiger partial charge in [-0.2, -0.15) is 0 Å². The molecule has 0 bridgehead atoms. The number of hydrogen-bond donors (Lipinski definition) is 0. The first-order valence-corrected chi connectivity index (χ1v) is 14.2. The Morgan fingerprint density at radius 1 is 0.657 bits per heavy atom. The summed E-state index contributed by atoms with van der Waals surface area (Å²) in [7, 11) is -1.81. The molecule has 0 aliphatic rings. The summed E-state index contributed by atoms with van der Waals surface area (Å²) in [5.41, 5.74) is 4.12. The van der Waals surface area contributed by atoms with Gasteiger partial charge >= 0.3 is 0 Å². The molecule has 0 aliphatic carbocycles. The monoisotopic (exact) mass is 544 g/mol. The zero-order valence-electron chi connectivity index (χ0n) is 21.5. The minimum Gasteiger partial charge on any atom is -1.00 e. The molecule has 0 radical (unpaired) electrons. The van der Waals surface area contributed by atoms with Gasteiger partial charge in [0.25, 0.3) is 0 Å². The van der Waals surface area contributed by atoms with Gasteiger partial charge in [-0.1, -0.05) is 95.6 Å². The highest BCUT2D eigenvalue weighted by Crippen LogP contribution is 2.55. The predicted molar refractivity (Wildman–Crippen MR) is 155 cm³/mol. The minimum absolute atomic E-state index is 0. The fourth-order valence-electron chi connectivity index (χ4n) is 4.20. The van der Waals surface area contributed by atoms with Gasteiger partial charge < -0.3 is 17.0 Å². The van der Waals surface area contributed by atoms with Crippen LogP contribution in [-0.4, -0.2) is 6.16 Å². The molecule has 3 rings (SSSR count). The standard InChI is InChI=1S/C33H38P.BrH/c1-28(2)16-14-17-29(3)18-15-19-30(4)26-27-34(31-20-8-5-9-21-31,32-22-10-6-11-23-32)33-24-12-7-13-25-33;/h5-13,15-16,18-26H,14,17,27H2,1-4H3;1H/q+1;/p-1. The summed E-state index contributed by atoms with van der Waals surface area (Å²) in [6.45, 7) is 8.77.